The smallest absolute Gasteiger partial charge is 0.220 e. The number of aryl methyl sites for hydroxylation is 1. The molecule has 1 amide bonds. The molecule has 0 saturated heterocycles. The van der Waals surface area contributed by atoms with Gasteiger partial charge in [-0.2, -0.15) is 0 Å². The highest BCUT2D eigenvalue weighted by atomic mass is 16.1. The van der Waals surface area contributed by atoms with Gasteiger partial charge in [0.05, 0.1) is 0 Å². The molecular weight excluding hydrogens is 260 g/mol. The molecule has 21 heavy (non-hydrogen) atoms. The fourth-order valence-electron chi connectivity index (χ4n) is 2.97. The highest BCUT2D eigenvalue weighted by Gasteiger charge is 2.22. The molecule has 2 aromatic rings. The van der Waals surface area contributed by atoms with Gasteiger partial charge >= 0.3 is 0 Å². The van der Waals surface area contributed by atoms with Crippen molar-refractivity contribution in [1.29, 1.82) is 0 Å². The third kappa shape index (κ3) is 3.24. The van der Waals surface area contributed by atoms with Crippen molar-refractivity contribution >= 4 is 11.6 Å². The Balaban J connectivity index is 1.51. The normalized spacial score (nSPS) is 13.9. The summed E-state index contributed by atoms with van der Waals surface area (Å²) in [5.74, 6) is 0.107. The lowest BCUT2D eigenvalue weighted by atomic mass is 10.1. The minimum absolute atomic E-state index is 0.107. The molecule has 0 bridgehead atoms. The number of hydrogen-bond donors (Lipinski definition) is 2. The van der Waals surface area contributed by atoms with E-state index in [1.807, 2.05) is 24.3 Å². The lowest BCUT2D eigenvalue weighted by molar-refractivity contribution is -0.121. The Morgan fingerprint density at radius 2 is 1.67 bits per heavy atom. The zero-order valence-electron chi connectivity index (χ0n) is 12.0. The number of hydrogen-bond acceptors (Lipinski definition) is 2. The minimum Gasteiger partial charge on any atom is -0.399 e. The van der Waals surface area contributed by atoms with Crippen LogP contribution < -0.4 is 11.1 Å². The van der Waals surface area contributed by atoms with Crippen LogP contribution in [0.2, 0.25) is 0 Å². The number of para-hydroxylation sites is 1. The summed E-state index contributed by atoms with van der Waals surface area (Å²) in [7, 11) is 0. The number of nitrogen functional groups attached to an aromatic ring is 1. The van der Waals surface area contributed by atoms with Crippen LogP contribution in [0, 0.1) is 0 Å². The number of rotatable bonds is 4. The number of amides is 1. The van der Waals surface area contributed by atoms with E-state index >= 15 is 0 Å². The first-order valence-electron chi connectivity index (χ1n) is 7.42. The van der Waals surface area contributed by atoms with E-state index in [0.717, 1.165) is 24.1 Å². The van der Waals surface area contributed by atoms with Crippen molar-refractivity contribution < 1.29 is 4.79 Å². The Labute approximate surface area is 125 Å². The predicted octanol–water partition coefficient (Wildman–Crippen LogP) is 2.49. The van der Waals surface area contributed by atoms with Crippen LogP contribution in [-0.2, 0) is 24.1 Å². The van der Waals surface area contributed by atoms with E-state index in [0.29, 0.717) is 12.8 Å². The molecule has 0 aliphatic heterocycles. The lowest BCUT2D eigenvalue weighted by Gasteiger charge is -2.12. The number of carbonyl (C=O) groups excluding carboxylic acids is 1. The maximum Gasteiger partial charge on any atom is 0.220 e. The summed E-state index contributed by atoms with van der Waals surface area (Å²) >= 11 is 0. The van der Waals surface area contributed by atoms with Gasteiger partial charge in [0.25, 0.3) is 0 Å². The SMILES string of the molecule is Nc1ccccc1CCC(=O)NC1Cc2ccccc2C1. The van der Waals surface area contributed by atoms with Crippen LogP contribution in [-0.4, -0.2) is 11.9 Å². The third-order valence-corrected chi connectivity index (χ3v) is 4.09. The van der Waals surface area contributed by atoms with E-state index in [9.17, 15) is 4.79 Å². The molecule has 0 fully saturated rings. The van der Waals surface area contributed by atoms with Crippen LogP contribution in [0.4, 0.5) is 5.69 Å². The average Bonchev–Trinajstić information content (AvgIpc) is 2.88. The average molecular weight is 280 g/mol. The molecule has 0 radical (unpaired) electrons. The van der Waals surface area contributed by atoms with Crippen molar-refractivity contribution in [3.8, 4) is 0 Å². The molecule has 108 valence electrons. The molecule has 0 heterocycles. The van der Waals surface area contributed by atoms with E-state index in [1.54, 1.807) is 0 Å². The molecule has 3 nitrogen and oxygen atoms in total. The molecule has 1 aliphatic rings. The molecule has 3 rings (SSSR count). The Hall–Kier alpha value is -2.29. The zero-order chi connectivity index (χ0) is 14.7. The molecule has 0 spiro atoms. The Morgan fingerprint density at radius 1 is 1.05 bits per heavy atom. The topological polar surface area (TPSA) is 55.1 Å². The molecule has 1 aliphatic carbocycles. The summed E-state index contributed by atoms with van der Waals surface area (Å²) in [4.78, 5) is 12.1. The van der Waals surface area contributed by atoms with Crippen LogP contribution >= 0.6 is 0 Å². The van der Waals surface area contributed by atoms with Crippen molar-refractivity contribution in [2.45, 2.75) is 31.7 Å². The van der Waals surface area contributed by atoms with Gasteiger partial charge in [0.15, 0.2) is 0 Å². The van der Waals surface area contributed by atoms with Crippen LogP contribution in [0.1, 0.15) is 23.1 Å². The Kier molecular flexibility index (Phi) is 3.91. The monoisotopic (exact) mass is 280 g/mol. The van der Waals surface area contributed by atoms with Gasteiger partial charge in [-0.3, -0.25) is 4.79 Å². The second-order valence-electron chi connectivity index (χ2n) is 5.64. The van der Waals surface area contributed by atoms with Gasteiger partial charge in [0, 0.05) is 18.2 Å². The van der Waals surface area contributed by atoms with Gasteiger partial charge < -0.3 is 11.1 Å². The van der Waals surface area contributed by atoms with Crippen LogP contribution in [0.15, 0.2) is 48.5 Å². The summed E-state index contributed by atoms with van der Waals surface area (Å²) < 4.78 is 0. The van der Waals surface area contributed by atoms with E-state index in [1.165, 1.54) is 11.1 Å². The van der Waals surface area contributed by atoms with Crippen molar-refractivity contribution in [2.75, 3.05) is 5.73 Å². The summed E-state index contributed by atoms with van der Waals surface area (Å²) in [6.45, 7) is 0. The lowest BCUT2D eigenvalue weighted by Crippen LogP contribution is -2.35. The second-order valence-corrected chi connectivity index (χ2v) is 5.64. The molecule has 0 atom stereocenters. The van der Waals surface area contributed by atoms with E-state index < -0.39 is 0 Å². The molecule has 2 aromatic carbocycles. The van der Waals surface area contributed by atoms with Crippen molar-refractivity contribution in [3.05, 3.63) is 65.2 Å². The predicted molar refractivity (Wildman–Crippen MR) is 85.0 cm³/mol. The molecule has 0 saturated carbocycles. The molecule has 0 unspecified atom stereocenters. The number of carbonyl (C=O) groups is 1. The molecular formula is C18H20N2O. The Morgan fingerprint density at radius 3 is 2.33 bits per heavy atom. The number of benzene rings is 2. The fourth-order valence-corrected chi connectivity index (χ4v) is 2.97. The van der Waals surface area contributed by atoms with Gasteiger partial charge in [-0.15, -0.1) is 0 Å². The first kappa shape index (κ1) is 13.7. The van der Waals surface area contributed by atoms with Crippen molar-refractivity contribution in [3.63, 3.8) is 0 Å². The first-order chi connectivity index (χ1) is 10.2. The maximum atomic E-state index is 12.1. The minimum atomic E-state index is 0.107. The van der Waals surface area contributed by atoms with Gasteiger partial charge in [-0.05, 0) is 42.0 Å². The van der Waals surface area contributed by atoms with Gasteiger partial charge in [-0.25, -0.2) is 0 Å². The fraction of sp³-hybridized carbons (Fsp3) is 0.278. The number of nitrogens with one attached hydrogen (secondary N) is 1. The number of nitrogens with two attached hydrogens (primary N) is 1. The van der Waals surface area contributed by atoms with E-state index in [2.05, 4.69) is 29.6 Å². The summed E-state index contributed by atoms with van der Waals surface area (Å²) in [6.07, 6.45) is 3.06. The standard InChI is InChI=1S/C18H20N2O/c19-17-8-4-3-5-13(17)9-10-18(21)20-16-11-14-6-1-2-7-15(14)12-16/h1-8,16H,9-12,19H2,(H,20,21). The van der Waals surface area contributed by atoms with Crippen LogP contribution in [0.5, 0.6) is 0 Å². The van der Waals surface area contributed by atoms with Gasteiger partial charge in [0.2, 0.25) is 5.91 Å². The molecule has 0 aromatic heterocycles. The summed E-state index contributed by atoms with van der Waals surface area (Å²) in [5.41, 5.74) is 10.4. The van der Waals surface area contributed by atoms with Crippen molar-refractivity contribution in [2.24, 2.45) is 0 Å². The van der Waals surface area contributed by atoms with E-state index in [-0.39, 0.29) is 11.9 Å². The summed E-state index contributed by atoms with van der Waals surface area (Å²) in [6, 6.07) is 16.4. The van der Waals surface area contributed by atoms with Crippen LogP contribution in [0.3, 0.4) is 0 Å². The number of fused-ring (bicyclic) bond motifs is 1. The zero-order valence-corrected chi connectivity index (χ0v) is 12.0. The highest BCUT2D eigenvalue weighted by Crippen LogP contribution is 2.21. The third-order valence-electron chi connectivity index (χ3n) is 4.09. The van der Waals surface area contributed by atoms with Crippen LogP contribution in [0.25, 0.3) is 0 Å². The number of anilines is 1. The van der Waals surface area contributed by atoms with Gasteiger partial charge in [0.1, 0.15) is 0 Å². The Bertz CT molecular complexity index is 626. The largest absolute Gasteiger partial charge is 0.399 e. The molecule has 3 N–H and O–H groups in total. The maximum absolute atomic E-state index is 12.1. The first-order valence-corrected chi connectivity index (χ1v) is 7.42. The molecule has 3 heteroatoms. The summed E-state index contributed by atoms with van der Waals surface area (Å²) in [5, 5.41) is 3.14. The second kappa shape index (κ2) is 6.00. The van der Waals surface area contributed by atoms with Crippen molar-refractivity contribution in [1.82, 2.24) is 5.32 Å². The quantitative estimate of drug-likeness (QED) is 0.845. The van der Waals surface area contributed by atoms with E-state index in [4.69, 9.17) is 5.73 Å². The van der Waals surface area contributed by atoms with Gasteiger partial charge in [-0.1, -0.05) is 42.5 Å². The highest BCUT2D eigenvalue weighted by molar-refractivity contribution is 5.77.